The summed E-state index contributed by atoms with van der Waals surface area (Å²) in [6, 6.07) is 11.6. The summed E-state index contributed by atoms with van der Waals surface area (Å²) in [6.07, 6.45) is 2.94. The van der Waals surface area contributed by atoms with Gasteiger partial charge in [-0.25, -0.2) is 0 Å². The van der Waals surface area contributed by atoms with Gasteiger partial charge in [-0.3, -0.25) is 9.59 Å². The van der Waals surface area contributed by atoms with E-state index in [9.17, 15) is 9.59 Å². The molecule has 0 radical (unpaired) electrons. The molecular formula is C25H33N5O4. The third-order valence-corrected chi connectivity index (χ3v) is 6.65. The lowest BCUT2D eigenvalue weighted by molar-refractivity contribution is -0.145. The van der Waals surface area contributed by atoms with Crippen molar-refractivity contribution >= 4 is 17.6 Å². The van der Waals surface area contributed by atoms with Crippen molar-refractivity contribution < 1.29 is 19.1 Å². The van der Waals surface area contributed by atoms with Crippen LogP contribution in [0.4, 0.5) is 5.82 Å². The number of methoxy groups -OCH3 is 2. The standard InChI is InChI=1S/C25H33N5O4/c1-33-17-16-30(25(32)20-4-3-5-20)18-24(31)29-14-12-28(13-15-29)23-11-10-22(26-27-23)19-6-8-21(34-2)9-7-19/h6-11,20H,3-5,12-18H2,1-2H3. The van der Waals surface area contributed by atoms with Crippen LogP contribution in [-0.2, 0) is 14.3 Å². The second-order valence-electron chi connectivity index (χ2n) is 8.75. The Labute approximate surface area is 200 Å². The van der Waals surface area contributed by atoms with Gasteiger partial charge in [0.2, 0.25) is 11.8 Å². The minimum Gasteiger partial charge on any atom is -0.497 e. The van der Waals surface area contributed by atoms with Crippen LogP contribution in [0.2, 0.25) is 0 Å². The van der Waals surface area contributed by atoms with E-state index in [1.54, 1.807) is 19.1 Å². The molecule has 1 aliphatic heterocycles. The molecule has 9 nitrogen and oxygen atoms in total. The second-order valence-corrected chi connectivity index (χ2v) is 8.75. The fraction of sp³-hybridized carbons (Fsp3) is 0.520. The lowest BCUT2D eigenvalue weighted by Crippen LogP contribution is -2.53. The maximum absolute atomic E-state index is 12.9. The van der Waals surface area contributed by atoms with Crippen molar-refractivity contribution in [2.45, 2.75) is 19.3 Å². The maximum Gasteiger partial charge on any atom is 0.242 e. The van der Waals surface area contributed by atoms with Crippen molar-refractivity contribution in [3.63, 3.8) is 0 Å². The first kappa shape index (κ1) is 23.9. The number of anilines is 1. The molecule has 4 rings (SSSR count). The molecule has 0 unspecified atom stereocenters. The topological polar surface area (TPSA) is 88.1 Å². The van der Waals surface area contributed by atoms with Crippen LogP contribution in [0.5, 0.6) is 5.75 Å². The molecule has 1 aromatic carbocycles. The number of hydrogen-bond acceptors (Lipinski definition) is 7. The molecule has 2 aromatic rings. The highest BCUT2D eigenvalue weighted by Gasteiger charge is 2.31. The van der Waals surface area contributed by atoms with E-state index in [4.69, 9.17) is 9.47 Å². The molecule has 0 atom stereocenters. The number of carbonyl (C=O) groups excluding carboxylic acids is 2. The summed E-state index contributed by atoms with van der Waals surface area (Å²) in [4.78, 5) is 31.3. The summed E-state index contributed by atoms with van der Waals surface area (Å²) < 4.78 is 10.3. The van der Waals surface area contributed by atoms with Crippen LogP contribution in [0, 0.1) is 5.92 Å². The highest BCUT2D eigenvalue weighted by Crippen LogP contribution is 2.28. The summed E-state index contributed by atoms with van der Waals surface area (Å²) in [5.41, 5.74) is 1.78. The van der Waals surface area contributed by atoms with E-state index in [-0.39, 0.29) is 24.3 Å². The molecule has 1 saturated carbocycles. The van der Waals surface area contributed by atoms with Gasteiger partial charge in [-0.15, -0.1) is 10.2 Å². The van der Waals surface area contributed by atoms with Crippen LogP contribution in [0.15, 0.2) is 36.4 Å². The minimum atomic E-state index is -0.00985. The van der Waals surface area contributed by atoms with Crippen LogP contribution >= 0.6 is 0 Å². The smallest absolute Gasteiger partial charge is 0.242 e. The van der Waals surface area contributed by atoms with Gasteiger partial charge >= 0.3 is 0 Å². The SMILES string of the molecule is COCCN(CC(=O)N1CCN(c2ccc(-c3ccc(OC)cc3)nn2)CC1)C(=O)C1CCC1. The maximum atomic E-state index is 12.9. The lowest BCUT2D eigenvalue weighted by atomic mass is 9.84. The Bertz CT molecular complexity index is 954. The molecule has 1 aliphatic carbocycles. The Balaban J connectivity index is 1.30. The van der Waals surface area contributed by atoms with E-state index in [2.05, 4.69) is 15.1 Å². The second kappa shape index (κ2) is 11.3. The van der Waals surface area contributed by atoms with Gasteiger partial charge in [0.25, 0.3) is 0 Å². The van der Waals surface area contributed by atoms with Crippen LogP contribution in [-0.4, -0.2) is 91.9 Å². The van der Waals surface area contributed by atoms with Gasteiger partial charge in [-0.05, 0) is 49.2 Å². The van der Waals surface area contributed by atoms with Crippen molar-refractivity contribution in [1.29, 1.82) is 0 Å². The van der Waals surface area contributed by atoms with E-state index < -0.39 is 0 Å². The third kappa shape index (κ3) is 5.64. The quantitative estimate of drug-likeness (QED) is 0.558. The molecule has 2 amide bonds. The number of carbonyl (C=O) groups is 2. The van der Waals surface area contributed by atoms with Crippen molar-refractivity contribution in [3.05, 3.63) is 36.4 Å². The monoisotopic (exact) mass is 467 g/mol. The first-order valence-electron chi connectivity index (χ1n) is 11.9. The normalized spacial score (nSPS) is 16.2. The van der Waals surface area contributed by atoms with Gasteiger partial charge in [0, 0.05) is 51.3 Å². The number of amides is 2. The molecule has 2 aliphatic rings. The van der Waals surface area contributed by atoms with Crippen LogP contribution < -0.4 is 9.64 Å². The molecule has 0 bridgehead atoms. The Morgan fingerprint density at radius 2 is 1.74 bits per heavy atom. The van der Waals surface area contributed by atoms with Gasteiger partial charge in [0.1, 0.15) is 5.75 Å². The van der Waals surface area contributed by atoms with E-state index in [1.165, 1.54) is 0 Å². The summed E-state index contributed by atoms with van der Waals surface area (Å²) in [5.74, 6) is 1.74. The first-order chi connectivity index (χ1) is 16.6. The number of hydrogen-bond donors (Lipinski definition) is 0. The van der Waals surface area contributed by atoms with Crippen molar-refractivity contribution in [2.75, 3.05) is 65.0 Å². The zero-order valence-corrected chi connectivity index (χ0v) is 20.0. The molecular weight excluding hydrogens is 434 g/mol. The Kier molecular flexibility index (Phi) is 7.95. The summed E-state index contributed by atoms with van der Waals surface area (Å²) in [7, 11) is 3.25. The lowest BCUT2D eigenvalue weighted by Gasteiger charge is -2.37. The molecule has 9 heteroatoms. The number of aromatic nitrogens is 2. The summed E-state index contributed by atoms with van der Waals surface area (Å²) in [5, 5.41) is 8.79. The van der Waals surface area contributed by atoms with Crippen LogP contribution in [0.25, 0.3) is 11.3 Å². The predicted octanol–water partition coefficient (Wildman–Crippen LogP) is 2.08. The van der Waals surface area contributed by atoms with E-state index in [1.807, 2.05) is 41.3 Å². The third-order valence-electron chi connectivity index (χ3n) is 6.65. The number of nitrogens with zero attached hydrogens (tertiary/aromatic N) is 5. The average Bonchev–Trinajstić information content (AvgIpc) is 2.85. The number of ether oxygens (including phenoxy) is 2. The zero-order valence-electron chi connectivity index (χ0n) is 20.0. The van der Waals surface area contributed by atoms with E-state index in [0.29, 0.717) is 39.3 Å². The first-order valence-corrected chi connectivity index (χ1v) is 11.9. The van der Waals surface area contributed by atoms with Gasteiger partial charge in [0.05, 0.1) is 26.0 Å². The van der Waals surface area contributed by atoms with Crippen LogP contribution in [0.3, 0.4) is 0 Å². The van der Waals surface area contributed by atoms with E-state index >= 15 is 0 Å². The molecule has 182 valence electrons. The number of piperazine rings is 1. The number of benzene rings is 1. The van der Waals surface area contributed by atoms with Crippen LogP contribution in [0.1, 0.15) is 19.3 Å². The molecule has 0 spiro atoms. The van der Waals surface area contributed by atoms with Gasteiger partial charge < -0.3 is 24.2 Å². The molecule has 34 heavy (non-hydrogen) atoms. The molecule has 1 aromatic heterocycles. The minimum absolute atomic E-state index is 0.00985. The molecule has 1 saturated heterocycles. The highest BCUT2D eigenvalue weighted by molar-refractivity contribution is 5.86. The van der Waals surface area contributed by atoms with Crippen molar-refractivity contribution in [2.24, 2.45) is 5.92 Å². The predicted molar refractivity (Wildman–Crippen MR) is 129 cm³/mol. The van der Waals surface area contributed by atoms with Crippen molar-refractivity contribution in [1.82, 2.24) is 20.0 Å². The molecule has 0 N–H and O–H groups in total. The fourth-order valence-electron chi connectivity index (χ4n) is 4.24. The Hall–Kier alpha value is -3.20. The van der Waals surface area contributed by atoms with Crippen molar-refractivity contribution in [3.8, 4) is 17.0 Å². The zero-order chi connectivity index (χ0) is 23.9. The fourth-order valence-corrected chi connectivity index (χ4v) is 4.24. The Morgan fingerprint density at radius 3 is 2.29 bits per heavy atom. The average molecular weight is 468 g/mol. The summed E-state index contributed by atoms with van der Waals surface area (Å²) >= 11 is 0. The highest BCUT2D eigenvalue weighted by atomic mass is 16.5. The number of rotatable bonds is 9. The Morgan fingerprint density at radius 1 is 1.00 bits per heavy atom. The summed E-state index contributed by atoms with van der Waals surface area (Å²) in [6.45, 7) is 3.55. The van der Waals surface area contributed by atoms with Gasteiger partial charge in [0.15, 0.2) is 5.82 Å². The molecule has 2 heterocycles. The van der Waals surface area contributed by atoms with Gasteiger partial charge in [-0.2, -0.15) is 0 Å². The van der Waals surface area contributed by atoms with E-state index in [0.717, 1.165) is 42.1 Å². The largest absolute Gasteiger partial charge is 0.497 e. The molecule has 2 fully saturated rings. The van der Waals surface area contributed by atoms with Gasteiger partial charge in [-0.1, -0.05) is 6.42 Å².